The van der Waals surface area contributed by atoms with Gasteiger partial charge in [0.25, 0.3) is 5.91 Å². The Morgan fingerprint density at radius 3 is 2.42 bits per heavy atom. The quantitative estimate of drug-likeness (QED) is 0.554. The Kier molecular flexibility index (Phi) is 7.40. The van der Waals surface area contributed by atoms with Crippen LogP contribution in [0.15, 0.2) is 59.5 Å². The average molecular weight is 381 g/mol. The van der Waals surface area contributed by atoms with Gasteiger partial charge in [0.05, 0.1) is 5.69 Å². The van der Waals surface area contributed by atoms with Crippen LogP contribution < -0.4 is 10.1 Å². The molecule has 0 aliphatic heterocycles. The monoisotopic (exact) mass is 381 g/mol. The highest BCUT2D eigenvalue weighted by Gasteiger charge is 2.18. The molecule has 1 atom stereocenters. The Bertz CT molecular complexity index is 743. The minimum atomic E-state index is -3.01. The van der Waals surface area contributed by atoms with Gasteiger partial charge in [0.2, 0.25) is 0 Å². The van der Waals surface area contributed by atoms with Gasteiger partial charge in [-0.25, -0.2) is 0 Å². The molecule has 26 heavy (non-hydrogen) atoms. The van der Waals surface area contributed by atoms with Crippen molar-refractivity contribution in [2.45, 2.75) is 23.7 Å². The van der Waals surface area contributed by atoms with Crippen LogP contribution in [-0.4, -0.2) is 30.3 Å². The summed E-state index contributed by atoms with van der Waals surface area (Å²) in [6, 6.07) is 15.1. The second-order valence-electron chi connectivity index (χ2n) is 5.10. The largest absolute Gasteiger partial charge is 0.455 e. The molecule has 2 rings (SSSR count). The number of benzene rings is 2. The van der Waals surface area contributed by atoms with Crippen molar-refractivity contribution in [3.8, 4) is 5.75 Å². The molecular weight excluding hydrogens is 364 g/mol. The summed E-state index contributed by atoms with van der Waals surface area (Å²) in [5.74, 6) is -1.37. The van der Waals surface area contributed by atoms with E-state index in [1.165, 1.54) is 30.0 Å². The van der Waals surface area contributed by atoms with Gasteiger partial charge < -0.3 is 14.8 Å². The number of rotatable bonds is 8. The topological polar surface area (TPSA) is 64.6 Å². The van der Waals surface area contributed by atoms with E-state index >= 15 is 0 Å². The van der Waals surface area contributed by atoms with E-state index in [0.29, 0.717) is 0 Å². The number of thioether (sulfide) groups is 1. The molecule has 2 aromatic carbocycles. The lowest BCUT2D eigenvalue weighted by molar-refractivity contribution is -0.146. The SMILES string of the molecule is C[C@@H](Sc1ccccc1)C(=O)OCC(=O)Nc1ccccc1OC(F)F. The Hall–Kier alpha value is -2.61. The summed E-state index contributed by atoms with van der Waals surface area (Å²) in [6.45, 7) is -1.87. The molecule has 0 radical (unpaired) electrons. The van der Waals surface area contributed by atoms with Crippen molar-refractivity contribution in [2.75, 3.05) is 11.9 Å². The Morgan fingerprint density at radius 2 is 1.73 bits per heavy atom. The lowest BCUT2D eigenvalue weighted by atomic mass is 10.3. The highest BCUT2D eigenvalue weighted by molar-refractivity contribution is 8.00. The van der Waals surface area contributed by atoms with Crippen molar-refractivity contribution >= 4 is 29.3 Å². The van der Waals surface area contributed by atoms with Crippen molar-refractivity contribution in [3.05, 3.63) is 54.6 Å². The number of anilines is 1. The number of halogens is 2. The van der Waals surface area contributed by atoms with Gasteiger partial charge in [-0.1, -0.05) is 30.3 Å². The van der Waals surface area contributed by atoms with Crippen molar-refractivity contribution in [3.63, 3.8) is 0 Å². The molecule has 0 heterocycles. The first-order valence-electron chi connectivity index (χ1n) is 7.67. The van der Waals surface area contributed by atoms with E-state index in [1.54, 1.807) is 13.0 Å². The fraction of sp³-hybridized carbons (Fsp3) is 0.222. The number of ether oxygens (including phenoxy) is 2. The molecule has 2 aromatic rings. The molecule has 0 aliphatic carbocycles. The minimum absolute atomic E-state index is 0.0700. The van der Waals surface area contributed by atoms with Gasteiger partial charge >= 0.3 is 12.6 Å². The summed E-state index contributed by atoms with van der Waals surface area (Å²) in [5.41, 5.74) is 0.0700. The predicted molar refractivity (Wildman–Crippen MR) is 94.4 cm³/mol. The molecule has 138 valence electrons. The zero-order valence-electron chi connectivity index (χ0n) is 13.9. The number of hydrogen-bond acceptors (Lipinski definition) is 5. The summed E-state index contributed by atoms with van der Waals surface area (Å²) in [6.07, 6.45) is 0. The lowest BCUT2D eigenvalue weighted by Gasteiger charge is -2.13. The molecule has 0 unspecified atom stereocenters. The highest BCUT2D eigenvalue weighted by Crippen LogP contribution is 2.26. The number of nitrogens with one attached hydrogen (secondary N) is 1. The van der Waals surface area contributed by atoms with Crippen LogP contribution in [-0.2, 0) is 14.3 Å². The first-order chi connectivity index (χ1) is 12.5. The summed E-state index contributed by atoms with van der Waals surface area (Å²) in [5, 5.41) is 1.88. The van der Waals surface area contributed by atoms with Gasteiger partial charge in [-0.3, -0.25) is 9.59 Å². The molecule has 5 nitrogen and oxygen atoms in total. The molecule has 0 saturated heterocycles. The van der Waals surface area contributed by atoms with E-state index in [4.69, 9.17) is 4.74 Å². The van der Waals surface area contributed by atoms with Gasteiger partial charge in [0.1, 0.15) is 11.0 Å². The van der Waals surface area contributed by atoms with Gasteiger partial charge in [-0.15, -0.1) is 11.8 Å². The maximum Gasteiger partial charge on any atom is 0.387 e. The van der Waals surface area contributed by atoms with Crippen LogP contribution in [0.2, 0.25) is 0 Å². The van der Waals surface area contributed by atoms with E-state index in [1.807, 2.05) is 30.3 Å². The molecular formula is C18H17F2NO4S. The second kappa shape index (κ2) is 9.76. The van der Waals surface area contributed by atoms with Crippen molar-refractivity contribution in [2.24, 2.45) is 0 Å². The highest BCUT2D eigenvalue weighted by atomic mass is 32.2. The third-order valence-corrected chi connectivity index (χ3v) is 4.20. The van der Waals surface area contributed by atoms with Crippen LogP contribution in [0.1, 0.15) is 6.92 Å². The average Bonchev–Trinajstić information content (AvgIpc) is 2.61. The number of alkyl halides is 2. The Labute approximate surface area is 153 Å². The van der Waals surface area contributed by atoms with E-state index in [-0.39, 0.29) is 11.4 Å². The standard InChI is InChI=1S/C18H17F2NO4S/c1-12(26-13-7-3-2-4-8-13)17(23)24-11-16(22)21-14-9-5-6-10-15(14)25-18(19)20/h2-10,12,18H,11H2,1H3,(H,21,22)/t12-/m1/s1. The van der Waals surface area contributed by atoms with Crippen LogP contribution >= 0.6 is 11.8 Å². The van der Waals surface area contributed by atoms with E-state index in [2.05, 4.69) is 10.1 Å². The summed E-state index contributed by atoms with van der Waals surface area (Å²) < 4.78 is 34.0. The van der Waals surface area contributed by atoms with E-state index < -0.39 is 30.3 Å². The van der Waals surface area contributed by atoms with Crippen LogP contribution in [0.5, 0.6) is 5.75 Å². The number of hydrogen-bond donors (Lipinski definition) is 1. The molecule has 0 aliphatic rings. The van der Waals surface area contributed by atoms with Gasteiger partial charge in [0, 0.05) is 4.90 Å². The lowest BCUT2D eigenvalue weighted by Crippen LogP contribution is -2.25. The van der Waals surface area contributed by atoms with Gasteiger partial charge in [-0.2, -0.15) is 8.78 Å². The van der Waals surface area contributed by atoms with Crippen molar-refractivity contribution in [1.29, 1.82) is 0 Å². The molecule has 0 spiro atoms. The molecule has 0 aromatic heterocycles. The molecule has 0 bridgehead atoms. The number of carbonyl (C=O) groups excluding carboxylic acids is 2. The fourth-order valence-electron chi connectivity index (χ4n) is 1.96. The zero-order chi connectivity index (χ0) is 18.9. The van der Waals surface area contributed by atoms with Crippen LogP contribution in [0, 0.1) is 0 Å². The van der Waals surface area contributed by atoms with Crippen LogP contribution in [0.3, 0.4) is 0 Å². The fourth-order valence-corrected chi connectivity index (χ4v) is 2.85. The van der Waals surface area contributed by atoms with Crippen LogP contribution in [0.4, 0.5) is 14.5 Å². The minimum Gasteiger partial charge on any atom is -0.455 e. The third kappa shape index (κ3) is 6.36. The number of esters is 1. The number of carbonyl (C=O) groups is 2. The maximum atomic E-state index is 12.4. The van der Waals surface area contributed by atoms with Crippen molar-refractivity contribution in [1.82, 2.24) is 0 Å². The first-order valence-corrected chi connectivity index (χ1v) is 8.55. The number of amides is 1. The number of para-hydroxylation sites is 2. The van der Waals surface area contributed by atoms with E-state index in [9.17, 15) is 18.4 Å². The molecule has 0 saturated carbocycles. The van der Waals surface area contributed by atoms with Crippen LogP contribution in [0.25, 0.3) is 0 Å². The van der Waals surface area contributed by atoms with Crippen molar-refractivity contribution < 1.29 is 27.8 Å². The maximum absolute atomic E-state index is 12.4. The molecule has 0 fully saturated rings. The Morgan fingerprint density at radius 1 is 1.08 bits per heavy atom. The Balaban J connectivity index is 1.84. The molecule has 8 heteroatoms. The van der Waals surface area contributed by atoms with E-state index in [0.717, 1.165) is 4.90 Å². The normalized spacial score (nSPS) is 11.7. The summed E-state index contributed by atoms with van der Waals surface area (Å²) >= 11 is 1.31. The first kappa shape index (κ1) is 19.7. The smallest absolute Gasteiger partial charge is 0.387 e. The second-order valence-corrected chi connectivity index (χ2v) is 6.52. The predicted octanol–water partition coefficient (Wildman–Crippen LogP) is 3.95. The van der Waals surface area contributed by atoms with Gasteiger partial charge in [0.15, 0.2) is 6.61 Å². The third-order valence-electron chi connectivity index (χ3n) is 3.11. The summed E-state index contributed by atoms with van der Waals surface area (Å²) in [7, 11) is 0. The molecule has 1 N–H and O–H groups in total. The van der Waals surface area contributed by atoms with Gasteiger partial charge in [-0.05, 0) is 31.2 Å². The zero-order valence-corrected chi connectivity index (χ0v) is 14.7. The molecule has 1 amide bonds. The summed E-state index contributed by atoms with van der Waals surface area (Å²) in [4.78, 5) is 24.8.